The number of nitrogens with one attached hydrogen (secondary N) is 1. The first kappa shape index (κ1) is 14.4. The van der Waals surface area contributed by atoms with E-state index in [9.17, 15) is 0 Å². The third-order valence-corrected chi connectivity index (χ3v) is 4.60. The van der Waals surface area contributed by atoms with Crippen LogP contribution in [-0.4, -0.2) is 6.54 Å². The van der Waals surface area contributed by atoms with Gasteiger partial charge in [-0.15, -0.1) is 0 Å². The van der Waals surface area contributed by atoms with Gasteiger partial charge in [0.2, 0.25) is 0 Å². The van der Waals surface area contributed by atoms with Gasteiger partial charge >= 0.3 is 0 Å². The van der Waals surface area contributed by atoms with E-state index in [4.69, 9.17) is 5.26 Å². The van der Waals surface area contributed by atoms with Crippen LogP contribution in [0.1, 0.15) is 44.6 Å². The Kier molecular flexibility index (Phi) is 5.27. The second-order valence-electron chi connectivity index (χ2n) is 5.64. The summed E-state index contributed by atoms with van der Waals surface area (Å²) in [6.45, 7) is 3.32. The SMILES string of the molecule is CC1CCC(CCNc2ccc(Br)cc2C#N)CC1. The summed E-state index contributed by atoms with van der Waals surface area (Å²) in [5.41, 5.74) is 1.67. The Morgan fingerprint density at radius 3 is 2.74 bits per heavy atom. The van der Waals surface area contributed by atoms with Crippen LogP contribution in [0.15, 0.2) is 22.7 Å². The lowest BCUT2D eigenvalue weighted by Crippen LogP contribution is -2.16. The molecule has 0 spiro atoms. The van der Waals surface area contributed by atoms with Gasteiger partial charge in [0.15, 0.2) is 0 Å². The zero-order valence-corrected chi connectivity index (χ0v) is 13.0. The van der Waals surface area contributed by atoms with Crippen LogP contribution in [0, 0.1) is 23.2 Å². The van der Waals surface area contributed by atoms with Crippen LogP contribution in [0.2, 0.25) is 0 Å². The van der Waals surface area contributed by atoms with E-state index in [2.05, 4.69) is 34.2 Å². The van der Waals surface area contributed by atoms with Crippen LogP contribution in [0.4, 0.5) is 5.69 Å². The molecule has 1 aromatic rings. The molecule has 0 heterocycles. The van der Waals surface area contributed by atoms with E-state index in [-0.39, 0.29) is 0 Å². The number of halogens is 1. The van der Waals surface area contributed by atoms with Crippen LogP contribution in [0.25, 0.3) is 0 Å². The first-order valence-electron chi connectivity index (χ1n) is 7.12. The first-order chi connectivity index (χ1) is 9.19. The van der Waals surface area contributed by atoms with Crippen molar-refractivity contribution in [1.82, 2.24) is 0 Å². The summed E-state index contributed by atoms with van der Waals surface area (Å²) in [5, 5.41) is 12.5. The van der Waals surface area contributed by atoms with Crippen molar-refractivity contribution in [2.45, 2.75) is 39.0 Å². The molecule has 2 rings (SSSR count). The monoisotopic (exact) mass is 320 g/mol. The number of rotatable bonds is 4. The predicted molar refractivity (Wildman–Crippen MR) is 83.1 cm³/mol. The molecular formula is C16H21BrN2. The van der Waals surface area contributed by atoms with E-state index in [1.54, 1.807) is 0 Å². The number of anilines is 1. The molecule has 1 fully saturated rings. The van der Waals surface area contributed by atoms with Gasteiger partial charge in [0.25, 0.3) is 0 Å². The quantitative estimate of drug-likeness (QED) is 0.852. The molecule has 0 aromatic heterocycles. The lowest BCUT2D eigenvalue weighted by atomic mass is 9.81. The van der Waals surface area contributed by atoms with Crippen LogP contribution in [-0.2, 0) is 0 Å². The summed E-state index contributed by atoms with van der Waals surface area (Å²) in [5.74, 6) is 1.78. The standard InChI is InChI=1S/C16H21BrN2/c1-12-2-4-13(5-3-12)8-9-19-16-7-6-15(17)10-14(16)11-18/h6-7,10,12-13,19H,2-5,8-9H2,1H3. The minimum absolute atomic E-state index is 0.714. The van der Waals surface area contributed by atoms with Crippen molar-refractivity contribution >= 4 is 21.6 Å². The Morgan fingerprint density at radius 1 is 1.32 bits per heavy atom. The van der Waals surface area contributed by atoms with E-state index in [1.807, 2.05) is 18.2 Å². The number of benzene rings is 1. The number of hydrogen-bond acceptors (Lipinski definition) is 2. The lowest BCUT2D eigenvalue weighted by Gasteiger charge is -2.26. The smallest absolute Gasteiger partial charge is 0.101 e. The Bertz CT molecular complexity index is 456. The van der Waals surface area contributed by atoms with E-state index >= 15 is 0 Å². The fourth-order valence-electron chi connectivity index (χ4n) is 2.79. The summed E-state index contributed by atoms with van der Waals surface area (Å²) in [6, 6.07) is 8.06. The average molecular weight is 321 g/mol. The molecule has 0 radical (unpaired) electrons. The summed E-state index contributed by atoms with van der Waals surface area (Å²) in [7, 11) is 0. The van der Waals surface area contributed by atoms with E-state index in [1.165, 1.54) is 32.1 Å². The molecule has 0 amide bonds. The lowest BCUT2D eigenvalue weighted by molar-refractivity contribution is 0.282. The summed E-state index contributed by atoms with van der Waals surface area (Å²) in [6.07, 6.45) is 6.72. The third kappa shape index (κ3) is 4.24. The third-order valence-electron chi connectivity index (χ3n) is 4.11. The average Bonchev–Trinajstić information content (AvgIpc) is 2.42. The molecule has 0 saturated heterocycles. The van der Waals surface area contributed by atoms with E-state index < -0.39 is 0 Å². The van der Waals surface area contributed by atoms with Gasteiger partial charge in [-0.1, -0.05) is 48.5 Å². The van der Waals surface area contributed by atoms with Gasteiger partial charge in [-0.25, -0.2) is 0 Å². The van der Waals surface area contributed by atoms with Gasteiger partial charge in [0, 0.05) is 11.0 Å². The van der Waals surface area contributed by atoms with Gasteiger partial charge in [0.1, 0.15) is 6.07 Å². The molecule has 1 aliphatic rings. The maximum atomic E-state index is 9.11. The summed E-state index contributed by atoms with van der Waals surface area (Å²) >= 11 is 3.39. The highest BCUT2D eigenvalue weighted by atomic mass is 79.9. The van der Waals surface area contributed by atoms with Gasteiger partial charge in [0.05, 0.1) is 11.3 Å². The fourth-order valence-corrected chi connectivity index (χ4v) is 3.15. The Balaban J connectivity index is 1.81. The highest BCUT2D eigenvalue weighted by Gasteiger charge is 2.17. The molecule has 1 aliphatic carbocycles. The zero-order valence-electron chi connectivity index (χ0n) is 11.5. The first-order valence-corrected chi connectivity index (χ1v) is 7.92. The molecule has 19 heavy (non-hydrogen) atoms. The summed E-state index contributed by atoms with van der Waals surface area (Å²) in [4.78, 5) is 0. The minimum atomic E-state index is 0.714. The second-order valence-corrected chi connectivity index (χ2v) is 6.56. The largest absolute Gasteiger partial charge is 0.384 e. The number of hydrogen-bond donors (Lipinski definition) is 1. The number of nitrogens with zero attached hydrogens (tertiary/aromatic N) is 1. The predicted octanol–water partition coefficient (Wildman–Crippen LogP) is 4.95. The molecule has 0 bridgehead atoms. The minimum Gasteiger partial charge on any atom is -0.384 e. The zero-order chi connectivity index (χ0) is 13.7. The fraction of sp³-hybridized carbons (Fsp3) is 0.562. The highest BCUT2D eigenvalue weighted by Crippen LogP contribution is 2.30. The molecule has 2 nitrogen and oxygen atoms in total. The van der Waals surface area contributed by atoms with Crippen molar-refractivity contribution in [2.24, 2.45) is 11.8 Å². The van der Waals surface area contributed by atoms with E-state index in [0.29, 0.717) is 5.56 Å². The Labute approximate surface area is 124 Å². The van der Waals surface area contributed by atoms with Crippen molar-refractivity contribution in [3.05, 3.63) is 28.2 Å². The maximum absolute atomic E-state index is 9.11. The van der Waals surface area contributed by atoms with Gasteiger partial charge in [-0.2, -0.15) is 5.26 Å². The van der Waals surface area contributed by atoms with Gasteiger partial charge in [-0.05, 0) is 36.5 Å². The van der Waals surface area contributed by atoms with Crippen LogP contribution < -0.4 is 5.32 Å². The Morgan fingerprint density at radius 2 is 2.05 bits per heavy atom. The second kappa shape index (κ2) is 6.96. The van der Waals surface area contributed by atoms with Crippen molar-refractivity contribution in [2.75, 3.05) is 11.9 Å². The maximum Gasteiger partial charge on any atom is 0.101 e. The molecule has 102 valence electrons. The molecule has 1 N–H and O–H groups in total. The van der Waals surface area contributed by atoms with Crippen LogP contribution >= 0.6 is 15.9 Å². The van der Waals surface area contributed by atoms with Gasteiger partial charge in [-0.3, -0.25) is 0 Å². The summed E-state index contributed by atoms with van der Waals surface area (Å²) < 4.78 is 0.955. The van der Waals surface area contributed by atoms with Crippen LogP contribution in [0.5, 0.6) is 0 Å². The van der Waals surface area contributed by atoms with Crippen molar-refractivity contribution in [3.8, 4) is 6.07 Å². The topological polar surface area (TPSA) is 35.8 Å². The van der Waals surface area contributed by atoms with E-state index in [0.717, 1.165) is 28.5 Å². The highest BCUT2D eigenvalue weighted by molar-refractivity contribution is 9.10. The molecular weight excluding hydrogens is 300 g/mol. The normalized spacial score (nSPS) is 22.8. The molecule has 1 saturated carbocycles. The van der Waals surface area contributed by atoms with Crippen molar-refractivity contribution in [1.29, 1.82) is 5.26 Å². The van der Waals surface area contributed by atoms with Gasteiger partial charge < -0.3 is 5.32 Å². The van der Waals surface area contributed by atoms with Crippen LogP contribution in [0.3, 0.4) is 0 Å². The van der Waals surface area contributed by atoms with Crippen molar-refractivity contribution in [3.63, 3.8) is 0 Å². The van der Waals surface area contributed by atoms with Crippen molar-refractivity contribution < 1.29 is 0 Å². The molecule has 1 aromatic carbocycles. The number of nitriles is 1. The Hall–Kier alpha value is -1.01. The molecule has 0 aliphatic heterocycles. The molecule has 0 atom stereocenters. The molecule has 3 heteroatoms. The molecule has 0 unspecified atom stereocenters.